The van der Waals surface area contributed by atoms with Crippen LogP contribution in [0.25, 0.3) is 0 Å². The van der Waals surface area contributed by atoms with E-state index in [1.54, 1.807) is 24.3 Å². The summed E-state index contributed by atoms with van der Waals surface area (Å²) in [5.74, 6) is -1.52. The molecule has 26 heavy (non-hydrogen) atoms. The largest absolute Gasteiger partial charge is 0.545 e. The smallest absolute Gasteiger partial charge is 0.265 e. The number of amides is 2. The van der Waals surface area contributed by atoms with Crippen LogP contribution in [0.3, 0.4) is 0 Å². The molecule has 2 aromatic carbocycles. The first-order chi connectivity index (χ1) is 12.5. The quantitative estimate of drug-likeness (QED) is 0.598. The van der Waals surface area contributed by atoms with Crippen LogP contribution in [0, 0.1) is 0 Å². The molecule has 3 rings (SSSR count). The molecule has 1 aliphatic heterocycles. The number of carboxylic acids is 1. The van der Waals surface area contributed by atoms with Gasteiger partial charge < -0.3 is 14.6 Å². The third-order valence-electron chi connectivity index (χ3n) is 3.66. The van der Waals surface area contributed by atoms with E-state index in [1.807, 2.05) is 0 Å². The Morgan fingerprint density at radius 2 is 1.92 bits per heavy atom. The molecule has 1 aliphatic rings. The maximum Gasteiger partial charge on any atom is 0.265 e. The van der Waals surface area contributed by atoms with Gasteiger partial charge in [0.15, 0.2) is 6.61 Å². The minimum Gasteiger partial charge on any atom is -0.545 e. The second-order valence-electron chi connectivity index (χ2n) is 5.44. The van der Waals surface area contributed by atoms with Crippen molar-refractivity contribution in [3.05, 3.63) is 59.7 Å². The molecule has 0 saturated heterocycles. The highest BCUT2D eigenvalue weighted by Crippen LogP contribution is 2.31. The number of anilines is 1. The van der Waals surface area contributed by atoms with Crippen LogP contribution in [-0.2, 0) is 9.59 Å². The third kappa shape index (κ3) is 3.86. The van der Waals surface area contributed by atoms with Gasteiger partial charge in [-0.25, -0.2) is 5.43 Å². The van der Waals surface area contributed by atoms with Crippen molar-refractivity contribution in [2.45, 2.75) is 0 Å². The second-order valence-corrected chi connectivity index (χ2v) is 5.44. The molecule has 0 aliphatic carbocycles. The van der Waals surface area contributed by atoms with Crippen LogP contribution in [-0.4, -0.2) is 37.1 Å². The number of benzene rings is 2. The summed E-state index contributed by atoms with van der Waals surface area (Å²) in [5, 5.41) is 14.5. The summed E-state index contributed by atoms with van der Waals surface area (Å²) in [5.41, 5.74) is 3.51. The molecule has 8 nitrogen and oxygen atoms in total. The van der Waals surface area contributed by atoms with Crippen molar-refractivity contribution in [2.24, 2.45) is 5.10 Å². The molecule has 0 unspecified atom stereocenters. The van der Waals surface area contributed by atoms with Crippen molar-refractivity contribution in [3.63, 3.8) is 0 Å². The van der Waals surface area contributed by atoms with E-state index in [-0.39, 0.29) is 24.6 Å². The Kier molecular flexibility index (Phi) is 4.93. The Morgan fingerprint density at radius 3 is 2.65 bits per heavy atom. The van der Waals surface area contributed by atoms with Crippen molar-refractivity contribution < 1.29 is 24.2 Å². The van der Waals surface area contributed by atoms with E-state index in [1.165, 1.54) is 35.4 Å². The molecule has 0 bridgehead atoms. The second kappa shape index (κ2) is 7.47. The normalized spacial score (nSPS) is 13.2. The van der Waals surface area contributed by atoms with Crippen LogP contribution >= 0.6 is 0 Å². The van der Waals surface area contributed by atoms with Gasteiger partial charge in [-0.3, -0.25) is 14.5 Å². The fourth-order valence-electron chi connectivity index (χ4n) is 2.39. The molecular weight excluding hydrogens is 338 g/mol. The van der Waals surface area contributed by atoms with E-state index in [0.29, 0.717) is 17.0 Å². The summed E-state index contributed by atoms with van der Waals surface area (Å²) < 4.78 is 5.31. The van der Waals surface area contributed by atoms with E-state index < -0.39 is 11.9 Å². The standard InChI is InChI=1S/C18H15N3O5/c22-16(20-19-9-12-5-7-13(8-6-12)18(24)25)10-21-14-3-1-2-4-15(14)26-11-17(21)23/h1-9H,10-11H2,(H,20,22)(H,24,25)/p-1/b19-9-. The van der Waals surface area contributed by atoms with Crippen LogP contribution in [0.1, 0.15) is 15.9 Å². The summed E-state index contributed by atoms with van der Waals surface area (Å²) in [6.45, 7) is -0.321. The Morgan fingerprint density at radius 1 is 1.19 bits per heavy atom. The van der Waals surface area contributed by atoms with Gasteiger partial charge in [0, 0.05) is 0 Å². The van der Waals surface area contributed by atoms with Crippen molar-refractivity contribution >= 4 is 29.7 Å². The summed E-state index contributed by atoms with van der Waals surface area (Å²) >= 11 is 0. The predicted molar refractivity (Wildman–Crippen MR) is 90.8 cm³/mol. The summed E-state index contributed by atoms with van der Waals surface area (Å²) in [7, 11) is 0. The van der Waals surface area contributed by atoms with Gasteiger partial charge in [-0.1, -0.05) is 36.4 Å². The molecule has 0 aromatic heterocycles. The number of rotatable bonds is 5. The predicted octanol–water partition coefficient (Wildman–Crippen LogP) is -0.0742. The first-order valence-corrected chi connectivity index (χ1v) is 7.70. The van der Waals surface area contributed by atoms with E-state index in [4.69, 9.17) is 4.74 Å². The summed E-state index contributed by atoms with van der Waals surface area (Å²) in [6, 6.07) is 12.8. The average molecular weight is 352 g/mol. The van der Waals surface area contributed by atoms with Gasteiger partial charge in [0.2, 0.25) is 0 Å². The van der Waals surface area contributed by atoms with Gasteiger partial charge in [0.1, 0.15) is 12.3 Å². The molecule has 0 spiro atoms. The number of carboxylic acid groups (broad SMARTS) is 1. The molecule has 8 heteroatoms. The monoisotopic (exact) mass is 352 g/mol. The minimum atomic E-state index is -1.27. The SMILES string of the molecule is O=C(CN1C(=O)COc2ccccc21)N/N=C\c1ccc(C(=O)[O-])cc1. The number of nitrogens with one attached hydrogen (secondary N) is 1. The van der Waals surface area contributed by atoms with Crippen molar-refractivity contribution in [1.29, 1.82) is 0 Å². The number of carbonyl (C=O) groups excluding carboxylic acids is 3. The zero-order chi connectivity index (χ0) is 18.5. The van der Waals surface area contributed by atoms with Crippen LogP contribution in [0.15, 0.2) is 53.6 Å². The highest BCUT2D eigenvalue weighted by molar-refractivity contribution is 6.02. The van der Waals surface area contributed by atoms with Gasteiger partial charge in [0.05, 0.1) is 17.9 Å². The molecule has 1 heterocycles. The van der Waals surface area contributed by atoms with E-state index in [0.717, 1.165) is 0 Å². The molecule has 0 saturated carbocycles. The maximum absolute atomic E-state index is 12.1. The van der Waals surface area contributed by atoms with Crippen molar-refractivity contribution in [3.8, 4) is 5.75 Å². The number of hydrazone groups is 1. The van der Waals surface area contributed by atoms with Crippen LogP contribution in [0.5, 0.6) is 5.75 Å². The van der Waals surface area contributed by atoms with E-state index in [9.17, 15) is 19.5 Å². The lowest BCUT2D eigenvalue weighted by Crippen LogP contribution is -2.44. The Balaban J connectivity index is 1.60. The summed E-state index contributed by atoms with van der Waals surface area (Å²) in [6.07, 6.45) is 1.37. The van der Waals surface area contributed by atoms with Gasteiger partial charge in [-0.15, -0.1) is 0 Å². The summed E-state index contributed by atoms with van der Waals surface area (Å²) in [4.78, 5) is 36.1. The first kappa shape index (κ1) is 17.2. The third-order valence-corrected chi connectivity index (χ3v) is 3.66. The van der Waals surface area contributed by atoms with Crippen LogP contribution in [0.2, 0.25) is 0 Å². The van der Waals surface area contributed by atoms with E-state index >= 15 is 0 Å². The molecule has 1 N–H and O–H groups in total. The molecule has 132 valence electrons. The Hall–Kier alpha value is -3.68. The van der Waals surface area contributed by atoms with Crippen molar-refractivity contribution in [1.82, 2.24) is 5.43 Å². The van der Waals surface area contributed by atoms with Crippen molar-refractivity contribution in [2.75, 3.05) is 18.1 Å². The lowest BCUT2D eigenvalue weighted by Gasteiger charge is -2.28. The van der Waals surface area contributed by atoms with Gasteiger partial charge in [-0.2, -0.15) is 5.10 Å². The topological polar surface area (TPSA) is 111 Å². The number of para-hydroxylation sites is 2. The van der Waals surface area contributed by atoms with Gasteiger partial charge in [0.25, 0.3) is 11.8 Å². The molecule has 0 radical (unpaired) electrons. The Labute approximate surface area is 148 Å². The number of hydrogen-bond acceptors (Lipinski definition) is 6. The molecular formula is C18H14N3O5-. The zero-order valence-electron chi connectivity index (χ0n) is 13.5. The highest BCUT2D eigenvalue weighted by atomic mass is 16.5. The average Bonchev–Trinajstić information content (AvgIpc) is 2.64. The molecule has 2 aromatic rings. The number of aromatic carboxylic acids is 1. The fraction of sp³-hybridized carbons (Fsp3) is 0.111. The fourth-order valence-corrected chi connectivity index (χ4v) is 2.39. The highest BCUT2D eigenvalue weighted by Gasteiger charge is 2.26. The minimum absolute atomic E-state index is 0.0516. The molecule has 0 fully saturated rings. The number of carbonyl (C=O) groups is 3. The zero-order valence-corrected chi connectivity index (χ0v) is 13.5. The number of ether oxygens (including phenoxy) is 1. The maximum atomic E-state index is 12.1. The van der Waals surface area contributed by atoms with E-state index in [2.05, 4.69) is 10.5 Å². The van der Waals surface area contributed by atoms with Crippen LogP contribution in [0.4, 0.5) is 5.69 Å². The Bertz CT molecular complexity index is 877. The number of fused-ring (bicyclic) bond motifs is 1. The first-order valence-electron chi connectivity index (χ1n) is 7.70. The number of nitrogens with zero attached hydrogens (tertiary/aromatic N) is 2. The number of hydrogen-bond donors (Lipinski definition) is 1. The molecule has 0 atom stereocenters. The molecule has 2 amide bonds. The van der Waals surface area contributed by atoms with Gasteiger partial charge >= 0.3 is 0 Å². The van der Waals surface area contributed by atoms with Crippen LogP contribution < -0.4 is 20.2 Å². The van der Waals surface area contributed by atoms with Gasteiger partial charge in [-0.05, 0) is 23.3 Å². The lowest BCUT2D eigenvalue weighted by molar-refractivity contribution is -0.255. The lowest BCUT2D eigenvalue weighted by atomic mass is 10.1.